The first-order valence-corrected chi connectivity index (χ1v) is 44.5. The second-order valence-electron chi connectivity index (χ2n) is 33.8. The number of benzene rings is 3. The highest BCUT2D eigenvalue weighted by Crippen LogP contribution is 2.48. The van der Waals surface area contributed by atoms with Crippen LogP contribution in [-0.4, -0.2) is 153 Å². The van der Waals surface area contributed by atoms with Crippen LogP contribution >= 0.6 is 58.0 Å². The van der Waals surface area contributed by atoms with Crippen LogP contribution in [0.3, 0.4) is 0 Å². The lowest BCUT2D eigenvalue weighted by molar-refractivity contribution is -0.129. The van der Waals surface area contributed by atoms with E-state index in [-0.39, 0.29) is 200 Å². The molecule has 42 heteroatoms. The van der Waals surface area contributed by atoms with Crippen molar-refractivity contribution in [3.63, 3.8) is 0 Å². The molecular formula is C96H84Cl5F10N21O6. The van der Waals surface area contributed by atoms with Gasteiger partial charge in [0.1, 0.15) is 56.9 Å². The molecule has 3 atom stereocenters. The van der Waals surface area contributed by atoms with Crippen molar-refractivity contribution in [3.05, 3.63) is 258 Å². The molecule has 12 heterocycles. The molecule has 3 aliphatic heterocycles. The molecule has 0 unspecified atom stereocenters. The Labute approximate surface area is 807 Å². The Morgan fingerprint density at radius 3 is 0.957 bits per heavy atom. The number of aryl methyl sites for hydroxylation is 3. The van der Waals surface area contributed by atoms with Gasteiger partial charge in [0.05, 0.1) is 122 Å². The number of hydrogen-bond donors (Lipinski definition) is 3. The van der Waals surface area contributed by atoms with E-state index >= 15 is 13.2 Å². The van der Waals surface area contributed by atoms with Gasteiger partial charge in [-0.1, -0.05) is 119 Å². The third-order valence-corrected chi connectivity index (χ3v) is 25.7. The summed E-state index contributed by atoms with van der Waals surface area (Å²) in [6, 6.07) is 14.1. The van der Waals surface area contributed by atoms with E-state index < -0.39 is 136 Å². The topological polar surface area (TPSA) is 363 Å². The molecule has 3 fully saturated rings. The summed E-state index contributed by atoms with van der Waals surface area (Å²) < 4.78 is 151. The van der Waals surface area contributed by atoms with Gasteiger partial charge in [-0.3, -0.25) is 57.4 Å². The number of aromatic nitrogens is 9. The molecule has 3 aliphatic rings. The minimum absolute atomic E-state index is 0.0756. The zero-order valence-electron chi connectivity index (χ0n) is 75.8. The molecule has 714 valence electrons. The number of rotatable bonds is 15. The molecule has 0 spiro atoms. The predicted octanol–water partition coefficient (Wildman–Crippen LogP) is 18.3. The Balaban J connectivity index is 0.000000175. The molecule has 3 amide bonds. The SMILES string of the molecule is C=CC(=O)N1CCN(c2c(C#N)c(=O)n(-c3c(C)ccnc3C(C)C)c3nc(-c4c(F)c(F)c(F)c(N)c4Cl)c(Cl)cc23)C[C@H]1C.C=CC(=O)N1CCN(c2c(C#N)c(=O)n(-c3c(C)ccnc3C(C)C)c3nc(-c4c(N)c(F)c(F)c(Cl)c4F)c(Cl)cc23)C[C@H]1C.C=CC(=O)N1CCN(c2c(C#N)c(=O)n(-c3c(C)ccnc3C(C)C)c3nc(-c4c(N)c(F)c(F)c(F)c4F)c(Cl)cc23)C[C@H]1C. The molecule has 0 radical (unpaired) electrons. The van der Waals surface area contributed by atoms with Crippen molar-refractivity contribution >= 4 is 143 Å². The fourth-order valence-corrected chi connectivity index (χ4v) is 18.7. The molecular weight excluding hydrogens is 1910 g/mol. The number of carbonyl (C=O) groups is 3. The normalized spacial score (nSPS) is 15.0. The third-order valence-electron chi connectivity index (χ3n) is 24.2. The van der Waals surface area contributed by atoms with Crippen LogP contribution < -0.4 is 48.6 Å². The van der Waals surface area contributed by atoms with Crippen LogP contribution in [-0.2, 0) is 14.4 Å². The number of halogens is 15. The standard InChI is InChI=1S/2C32H28Cl2F3N7O2.C32H28ClF4N7O2/c1-6-20(45)43-10-9-42(13-16(43)5)30-17-11-19(33)28(21-23(35)22(34)24(36)25(37)26(21)39)41-31(17)44(32(46)18(30)12-38)29-15(4)7-8-40-27(29)14(2)3;1-6-20(45)43-10-9-42(13-16(43)5)30-17-11-19(33)28(21-22(34)26(39)25(37)24(36)23(21)35)41-31(17)44(32(46)18(30)12-38)29-15(4)7-8-40-27(29)14(2)3;1-6-20(45)43-10-9-42(13-16(43)5)30-17-11-19(33)28(21-22(34)23(35)24(36)25(37)26(21)39)41-31(17)44(32(46)18(30)12-38)29-15(4)7-8-40-27(29)14(2)3/h3*6-8,11,14,16H,1,9-10,13,39H2,2-5H3/t3*16-/m111/s1. The van der Waals surface area contributed by atoms with E-state index in [1.165, 1.54) is 45.6 Å². The first kappa shape index (κ1) is 101. The number of hydrogen-bond acceptors (Lipinski definition) is 21. The van der Waals surface area contributed by atoms with Crippen LogP contribution in [0.15, 0.2) is 107 Å². The van der Waals surface area contributed by atoms with Crippen LogP contribution in [0.2, 0.25) is 25.1 Å². The average molecular weight is 2000 g/mol. The second-order valence-corrected chi connectivity index (χ2v) is 35.8. The van der Waals surface area contributed by atoms with E-state index in [2.05, 4.69) is 49.6 Å². The van der Waals surface area contributed by atoms with Crippen LogP contribution in [0.4, 0.5) is 78.0 Å². The molecule has 15 rings (SSSR count). The number of nitrogens with two attached hydrogens (primary N) is 3. The minimum atomic E-state index is -2.12. The summed E-state index contributed by atoms with van der Waals surface area (Å²) in [6.45, 7) is 34.6. The maximum atomic E-state index is 15.5. The van der Waals surface area contributed by atoms with Crippen LogP contribution in [0.5, 0.6) is 0 Å². The maximum absolute atomic E-state index is 15.5. The first-order chi connectivity index (χ1) is 65.2. The third kappa shape index (κ3) is 17.5. The number of fused-ring (bicyclic) bond motifs is 3. The highest BCUT2D eigenvalue weighted by molar-refractivity contribution is 6.38. The van der Waals surface area contributed by atoms with Crippen LogP contribution in [0.25, 0.3) is 83.9 Å². The molecule has 0 aliphatic carbocycles. The average Bonchev–Trinajstić information content (AvgIpc) is 0.726. The number of amides is 3. The molecule has 3 aromatic carbocycles. The fourth-order valence-electron chi connectivity index (χ4n) is 17.5. The largest absolute Gasteiger partial charge is 0.396 e. The predicted molar refractivity (Wildman–Crippen MR) is 511 cm³/mol. The Morgan fingerprint density at radius 1 is 0.399 bits per heavy atom. The monoisotopic (exact) mass is 1990 g/mol. The number of pyridine rings is 9. The maximum Gasteiger partial charge on any atom is 0.276 e. The van der Waals surface area contributed by atoms with Crippen LogP contribution in [0.1, 0.15) is 131 Å². The number of nitrogen functional groups attached to an aromatic ring is 3. The quantitative estimate of drug-likeness (QED) is 0.0282. The van der Waals surface area contributed by atoms with Crippen molar-refractivity contribution in [2.75, 3.05) is 90.8 Å². The van der Waals surface area contributed by atoms with Gasteiger partial charge >= 0.3 is 0 Å². The molecule has 6 N–H and O–H groups in total. The minimum Gasteiger partial charge on any atom is -0.396 e. The number of nitriles is 3. The fraction of sp³-hybridized carbons (Fsp3) is 0.281. The summed E-state index contributed by atoms with van der Waals surface area (Å²) in [5, 5.41) is 29.2. The smallest absolute Gasteiger partial charge is 0.276 e. The van der Waals surface area contributed by atoms with E-state index in [1.807, 2.05) is 73.6 Å². The number of piperazine rings is 3. The summed E-state index contributed by atoms with van der Waals surface area (Å²) in [7, 11) is 0. The van der Waals surface area contributed by atoms with Gasteiger partial charge in [0.2, 0.25) is 17.7 Å². The number of anilines is 6. The highest BCUT2D eigenvalue weighted by Gasteiger charge is 2.40. The molecule has 3 saturated heterocycles. The van der Waals surface area contributed by atoms with Crippen molar-refractivity contribution < 1.29 is 58.3 Å². The Hall–Kier alpha value is -14.2. The van der Waals surface area contributed by atoms with Crippen molar-refractivity contribution in [2.24, 2.45) is 0 Å². The van der Waals surface area contributed by atoms with Gasteiger partial charge < -0.3 is 46.6 Å². The molecule has 138 heavy (non-hydrogen) atoms. The zero-order chi connectivity index (χ0) is 101. The van der Waals surface area contributed by atoms with E-state index in [0.29, 0.717) is 45.1 Å². The Bertz CT molecular complexity index is 6780. The number of nitrogens with zero attached hydrogens (tertiary/aromatic N) is 18. The Kier molecular flexibility index (Phi) is 29.3. The lowest BCUT2D eigenvalue weighted by Crippen LogP contribution is -2.54. The van der Waals surface area contributed by atoms with Gasteiger partial charge in [-0.25, -0.2) is 58.9 Å². The zero-order valence-corrected chi connectivity index (χ0v) is 79.6. The molecule has 0 saturated carbocycles. The first-order valence-electron chi connectivity index (χ1n) is 42.6. The van der Waals surface area contributed by atoms with Crippen molar-refractivity contribution in [1.29, 1.82) is 15.8 Å². The van der Waals surface area contributed by atoms with Gasteiger partial charge in [0, 0.05) is 112 Å². The van der Waals surface area contributed by atoms with E-state index in [1.54, 1.807) is 93.9 Å². The van der Waals surface area contributed by atoms with Gasteiger partial charge in [-0.05, 0) is 131 Å². The van der Waals surface area contributed by atoms with Gasteiger partial charge in [0.25, 0.3) is 16.7 Å². The van der Waals surface area contributed by atoms with Crippen LogP contribution in [0, 0.1) is 113 Å². The molecule has 9 aromatic heterocycles. The summed E-state index contributed by atoms with van der Waals surface area (Å²) in [4.78, 5) is 118. The summed E-state index contributed by atoms with van der Waals surface area (Å²) in [5.41, 5.74) is 12.1. The van der Waals surface area contributed by atoms with Crippen molar-refractivity contribution in [3.8, 4) is 69.0 Å². The lowest BCUT2D eigenvalue weighted by atomic mass is 10.0. The van der Waals surface area contributed by atoms with Gasteiger partial charge in [-0.2, -0.15) is 15.8 Å². The van der Waals surface area contributed by atoms with Crippen molar-refractivity contribution in [1.82, 2.24) is 58.3 Å². The second kappa shape index (κ2) is 39.9. The van der Waals surface area contributed by atoms with E-state index in [4.69, 9.17) is 75.2 Å². The Morgan fingerprint density at radius 2 is 0.667 bits per heavy atom. The van der Waals surface area contributed by atoms with E-state index in [9.17, 15) is 75.3 Å². The summed E-state index contributed by atoms with van der Waals surface area (Å²) in [5.74, 6) is -19.2. The number of carbonyl (C=O) groups excluding carboxylic acids is 3. The van der Waals surface area contributed by atoms with Gasteiger partial charge in [-0.15, -0.1) is 0 Å². The summed E-state index contributed by atoms with van der Waals surface area (Å²) in [6.07, 6.45) is 8.35. The molecule has 27 nitrogen and oxygen atoms in total. The van der Waals surface area contributed by atoms with E-state index in [0.717, 1.165) is 4.57 Å². The lowest BCUT2D eigenvalue weighted by Gasteiger charge is -2.41. The summed E-state index contributed by atoms with van der Waals surface area (Å²) >= 11 is 32.0. The molecule has 12 aromatic rings. The van der Waals surface area contributed by atoms with Gasteiger partial charge in [0.15, 0.2) is 58.2 Å². The molecule has 0 bridgehead atoms. The van der Waals surface area contributed by atoms with Crippen molar-refractivity contribution in [2.45, 2.75) is 119 Å². The highest BCUT2D eigenvalue weighted by atomic mass is 35.5.